The number of amides is 1. The van der Waals surface area contributed by atoms with Gasteiger partial charge in [0.15, 0.2) is 0 Å². The number of hydrogen-bond donors (Lipinski definition) is 1. The molecule has 5 nitrogen and oxygen atoms in total. The Morgan fingerprint density at radius 1 is 1.24 bits per heavy atom. The van der Waals surface area contributed by atoms with Gasteiger partial charge in [0.05, 0.1) is 5.69 Å². The van der Waals surface area contributed by atoms with Gasteiger partial charge in [0.25, 0.3) is 0 Å². The van der Waals surface area contributed by atoms with E-state index in [9.17, 15) is 13.2 Å². The minimum absolute atomic E-state index is 0.0604. The van der Waals surface area contributed by atoms with Crippen molar-refractivity contribution >= 4 is 15.9 Å². The molecule has 0 aliphatic heterocycles. The van der Waals surface area contributed by atoms with Gasteiger partial charge < -0.3 is 0 Å². The zero-order valence-electron chi connectivity index (χ0n) is 11.6. The van der Waals surface area contributed by atoms with Crippen LogP contribution in [0.4, 0.5) is 0 Å². The number of sulfonamides is 1. The van der Waals surface area contributed by atoms with Crippen molar-refractivity contribution in [2.75, 3.05) is 0 Å². The Morgan fingerprint density at radius 2 is 1.95 bits per heavy atom. The maximum atomic E-state index is 12.2. The van der Waals surface area contributed by atoms with Crippen molar-refractivity contribution in [1.29, 1.82) is 0 Å². The summed E-state index contributed by atoms with van der Waals surface area (Å²) in [5.41, 5.74) is 0.453. The summed E-state index contributed by atoms with van der Waals surface area (Å²) >= 11 is 0. The second-order valence-corrected chi connectivity index (χ2v) is 8.28. The van der Waals surface area contributed by atoms with Crippen molar-refractivity contribution in [3.05, 3.63) is 30.1 Å². The van der Waals surface area contributed by atoms with Crippen LogP contribution in [-0.2, 0) is 20.6 Å². The predicted molar refractivity (Wildman–Crippen MR) is 76.3 cm³/mol. The largest absolute Gasteiger partial charge is 0.274 e. The molecule has 112 valence electrons. The van der Waals surface area contributed by atoms with Gasteiger partial charge in [0.1, 0.15) is 5.75 Å². The standard InChI is InChI=1S/C15H18N2O3S/c18-15(14-12-9-4-5-10(7-9)13(12)14)17-21(19,20)8-11-3-1-2-6-16-11/h1-3,6,9-10,12-14H,4-5,7-8H2,(H,17,18)/t9-,10+,12+,13-,14?. The van der Waals surface area contributed by atoms with Crippen LogP contribution in [0, 0.1) is 29.6 Å². The molecule has 3 saturated carbocycles. The molecular weight excluding hydrogens is 288 g/mol. The van der Waals surface area contributed by atoms with E-state index in [1.54, 1.807) is 24.4 Å². The predicted octanol–water partition coefficient (Wildman–Crippen LogP) is 1.32. The fraction of sp³-hybridized carbons (Fsp3) is 0.600. The number of fused-ring (bicyclic) bond motifs is 5. The van der Waals surface area contributed by atoms with Gasteiger partial charge in [-0.2, -0.15) is 0 Å². The van der Waals surface area contributed by atoms with Gasteiger partial charge in [0.2, 0.25) is 15.9 Å². The Bertz CT molecular complexity index is 657. The molecule has 0 aromatic carbocycles. The van der Waals surface area contributed by atoms with Crippen molar-refractivity contribution in [3.63, 3.8) is 0 Å². The lowest BCUT2D eigenvalue weighted by molar-refractivity contribution is -0.121. The van der Waals surface area contributed by atoms with E-state index in [1.807, 2.05) is 0 Å². The zero-order chi connectivity index (χ0) is 14.6. The monoisotopic (exact) mass is 306 g/mol. The lowest BCUT2D eigenvalue weighted by Gasteiger charge is -2.10. The SMILES string of the molecule is O=C(NS(=O)(=O)Cc1ccccn1)C1[C@@H]2[C@H]3CC[C@H](C3)[C@H]12. The van der Waals surface area contributed by atoms with Crippen LogP contribution < -0.4 is 4.72 Å². The Labute approximate surface area is 124 Å². The quantitative estimate of drug-likeness (QED) is 0.910. The molecular formula is C15H18N2O3S. The number of hydrogen-bond acceptors (Lipinski definition) is 4. The first kappa shape index (κ1) is 13.2. The summed E-state index contributed by atoms with van der Waals surface area (Å²) in [6.45, 7) is 0. The summed E-state index contributed by atoms with van der Waals surface area (Å²) in [6, 6.07) is 5.12. The van der Waals surface area contributed by atoms with Gasteiger partial charge in [-0.15, -0.1) is 0 Å². The van der Waals surface area contributed by atoms with E-state index in [0.717, 1.165) is 0 Å². The van der Waals surface area contributed by atoms with Crippen LogP contribution in [0.3, 0.4) is 0 Å². The highest BCUT2D eigenvalue weighted by Gasteiger charge is 2.67. The van der Waals surface area contributed by atoms with Gasteiger partial charge in [0, 0.05) is 12.1 Å². The van der Waals surface area contributed by atoms with Gasteiger partial charge in [-0.05, 0) is 55.1 Å². The molecule has 0 spiro atoms. The molecule has 6 heteroatoms. The third kappa shape index (κ3) is 2.25. The van der Waals surface area contributed by atoms with Crippen LogP contribution in [0.2, 0.25) is 0 Å². The van der Waals surface area contributed by atoms with Crippen molar-refractivity contribution in [3.8, 4) is 0 Å². The third-order valence-corrected chi connectivity index (χ3v) is 6.55. The molecule has 1 amide bonds. The van der Waals surface area contributed by atoms with E-state index in [4.69, 9.17) is 0 Å². The van der Waals surface area contributed by atoms with E-state index in [2.05, 4.69) is 9.71 Å². The lowest BCUT2D eigenvalue weighted by atomic mass is 10.0. The van der Waals surface area contributed by atoms with Crippen molar-refractivity contribution in [2.24, 2.45) is 29.6 Å². The van der Waals surface area contributed by atoms with Crippen LogP contribution in [0.5, 0.6) is 0 Å². The van der Waals surface area contributed by atoms with Gasteiger partial charge in [-0.3, -0.25) is 14.5 Å². The summed E-state index contributed by atoms with van der Waals surface area (Å²) in [4.78, 5) is 16.2. The molecule has 1 N–H and O–H groups in total. The molecule has 21 heavy (non-hydrogen) atoms. The van der Waals surface area contributed by atoms with Gasteiger partial charge in [-0.25, -0.2) is 8.42 Å². The normalized spacial score (nSPS) is 36.3. The van der Waals surface area contributed by atoms with Crippen LogP contribution in [-0.4, -0.2) is 19.3 Å². The zero-order valence-corrected chi connectivity index (χ0v) is 12.4. The fourth-order valence-corrected chi connectivity index (χ4v) is 5.69. The summed E-state index contributed by atoms with van der Waals surface area (Å²) in [6.07, 6.45) is 5.24. The number of nitrogens with one attached hydrogen (secondary N) is 1. The van der Waals surface area contributed by atoms with Crippen LogP contribution in [0.15, 0.2) is 24.4 Å². The van der Waals surface area contributed by atoms with E-state index >= 15 is 0 Å². The van der Waals surface area contributed by atoms with Crippen molar-refractivity contribution in [1.82, 2.24) is 9.71 Å². The van der Waals surface area contributed by atoms with Crippen LogP contribution in [0.1, 0.15) is 25.0 Å². The maximum Gasteiger partial charge on any atom is 0.240 e. The van der Waals surface area contributed by atoms with Crippen LogP contribution in [0.25, 0.3) is 0 Å². The highest BCUT2D eigenvalue weighted by Crippen LogP contribution is 2.69. The summed E-state index contributed by atoms with van der Waals surface area (Å²) in [5, 5.41) is 0. The summed E-state index contributed by atoms with van der Waals surface area (Å²) in [7, 11) is -3.65. The number of nitrogens with zero attached hydrogens (tertiary/aromatic N) is 1. The molecule has 0 saturated heterocycles. The van der Waals surface area contributed by atoms with Gasteiger partial charge in [-0.1, -0.05) is 6.07 Å². The second kappa shape index (κ2) is 4.53. The first-order valence-electron chi connectivity index (χ1n) is 7.49. The minimum atomic E-state index is -3.65. The molecule has 3 fully saturated rings. The number of rotatable bonds is 4. The lowest BCUT2D eigenvalue weighted by Crippen LogP contribution is -2.34. The first-order chi connectivity index (χ1) is 10.1. The van der Waals surface area contributed by atoms with Crippen molar-refractivity contribution in [2.45, 2.75) is 25.0 Å². The Morgan fingerprint density at radius 3 is 2.57 bits per heavy atom. The molecule has 5 atom stereocenters. The number of aromatic nitrogens is 1. The minimum Gasteiger partial charge on any atom is -0.274 e. The average molecular weight is 306 g/mol. The summed E-state index contributed by atoms with van der Waals surface area (Å²) in [5.74, 6) is 1.63. The molecule has 3 aliphatic rings. The Hall–Kier alpha value is -1.43. The number of carbonyl (C=O) groups excluding carboxylic acids is 1. The fourth-order valence-electron chi connectivity index (χ4n) is 4.61. The topological polar surface area (TPSA) is 76.1 Å². The maximum absolute atomic E-state index is 12.2. The molecule has 0 radical (unpaired) electrons. The van der Waals surface area contributed by atoms with E-state index < -0.39 is 10.0 Å². The molecule has 1 aromatic rings. The number of carbonyl (C=O) groups is 1. The number of pyridine rings is 1. The van der Waals surface area contributed by atoms with E-state index in [-0.39, 0.29) is 17.6 Å². The molecule has 3 aliphatic carbocycles. The van der Waals surface area contributed by atoms with Crippen LogP contribution >= 0.6 is 0 Å². The molecule has 1 unspecified atom stereocenters. The smallest absolute Gasteiger partial charge is 0.240 e. The Balaban J connectivity index is 1.41. The summed E-state index contributed by atoms with van der Waals surface area (Å²) < 4.78 is 26.4. The van der Waals surface area contributed by atoms with Crippen molar-refractivity contribution < 1.29 is 13.2 Å². The van der Waals surface area contributed by atoms with Gasteiger partial charge >= 0.3 is 0 Å². The molecule has 4 rings (SSSR count). The third-order valence-electron chi connectivity index (χ3n) is 5.36. The Kier molecular flexibility index (Phi) is 2.86. The molecule has 1 aromatic heterocycles. The highest BCUT2D eigenvalue weighted by molar-refractivity contribution is 7.89. The molecule has 1 heterocycles. The average Bonchev–Trinajstić information content (AvgIpc) is 2.88. The highest BCUT2D eigenvalue weighted by atomic mass is 32.2. The van der Waals surface area contributed by atoms with E-state index in [0.29, 0.717) is 29.4 Å². The second-order valence-electron chi connectivity index (χ2n) is 6.56. The molecule has 2 bridgehead atoms. The van der Waals surface area contributed by atoms with E-state index in [1.165, 1.54) is 19.3 Å². The first-order valence-corrected chi connectivity index (χ1v) is 9.14.